The summed E-state index contributed by atoms with van der Waals surface area (Å²) in [5.41, 5.74) is 5.29. The Hall–Kier alpha value is -2.29. The van der Waals surface area contributed by atoms with Crippen molar-refractivity contribution >= 4 is 17.3 Å². The lowest BCUT2D eigenvalue weighted by molar-refractivity contribution is -0.114. The van der Waals surface area contributed by atoms with E-state index in [0.717, 1.165) is 22.5 Å². The Morgan fingerprint density at radius 1 is 0.950 bits per heavy atom. The lowest BCUT2D eigenvalue weighted by Crippen LogP contribution is -2.22. The highest BCUT2D eigenvalue weighted by Crippen LogP contribution is 2.16. The van der Waals surface area contributed by atoms with E-state index in [1.165, 1.54) is 5.56 Å². The van der Waals surface area contributed by atoms with Crippen LogP contribution in [0.15, 0.2) is 42.5 Å². The number of nitrogens with one attached hydrogen (secondary N) is 2. The topological polar surface area (TPSA) is 41.1 Å². The fourth-order valence-corrected chi connectivity index (χ4v) is 2.09. The molecule has 0 bridgehead atoms. The van der Waals surface area contributed by atoms with Crippen LogP contribution in [0.2, 0.25) is 0 Å². The highest BCUT2D eigenvalue weighted by molar-refractivity contribution is 5.94. The number of carbonyl (C=O) groups is 1. The first-order valence-corrected chi connectivity index (χ1v) is 6.73. The van der Waals surface area contributed by atoms with Gasteiger partial charge in [0.2, 0.25) is 5.91 Å². The maximum atomic E-state index is 11.9. The van der Waals surface area contributed by atoms with Gasteiger partial charge in [0, 0.05) is 11.4 Å². The molecule has 0 aromatic heterocycles. The van der Waals surface area contributed by atoms with Gasteiger partial charge in [-0.2, -0.15) is 0 Å². The summed E-state index contributed by atoms with van der Waals surface area (Å²) in [7, 11) is 0. The van der Waals surface area contributed by atoms with Crippen LogP contribution in [0.5, 0.6) is 0 Å². The first kappa shape index (κ1) is 14.1. The van der Waals surface area contributed by atoms with Crippen LogP contribution in [0, 0.1) is 20.8 Å². The smallest absolute Gasteiger partial charge is 0.243 e. The Morgan fingerprint density at radius 2 is 1.70 bits per heavy atom. The largest absolute Gasteiger partial charge is 0.376 e. The van der Waals surface area contributed by atoms with Crippen LogP contribution in [0.4, 0.5) is 11.4 Å². The summed E-state index contributed by atoms with van der Waals surface area (Å²) in [5.74, 6) is -0.0423. The second-order valence-corrected chi connectivity index (χ2v) is 5.04. The van der Waals surface area contributed by atoms with E-state index >= 15 is 0 Å². The Bertz CT molecular complexity index is 620. The first-order chi connectivity index (χ1) is 9.56. The molecule has 1 amide bonds. The van der Waals surface area contributed by atoms with Crippen molar-refractivity contribution in [2.24, 2.45) is 0 Å². The van der Waals surface area contributed by atoms with E-state index in [9.17, 15) is 4.79 Å². The maximum Gasteiger partial charge on any atom is 0.243 e. The van der Waals surface area contributed by atoms with Crippen LogP contribution in [-0.2, 0) is 4.79 Å². The molecule has 0 fully saturated rings. The second-order valence-electron chi connectivity index (χ2n) is 5.04. The van der Waals surface area contributed by atoms with Crippen molar-refractivity contribution in [1.82, 2.24) is 0 Å². The molecule has 2 aromatic rings. The molecule has 2 rings (SSSR count). The SMILES string of the molecule is Cc1ccc(NCC(=O)Nc2ccccc2C)c(C)c1. The molecule has 2 N–H and O–H groups in total. The van der Waals surface area contributed by atoms with Gasteiger partial charge in [-0.05, 0) is 44.0 Å². The van der Waals surface area contributed by atoms with Crippen LogP contribution < -0.4 is 10.6 Å². The van der Waals surface area contributed by atoms with E-state index in [1.54, 1.807) is 0 Å². The van der Waals surface area contributed by atoms with Gasteiger partial charge >= 0.3 is 0 Å². The summed E-state index contributed by atoms with van der Waals surface area (Å²) in [5, 5.41) is 6.08. The van der Waals surface area contributed by atoms with Crippen molar-refractivity contribution in [3.8, 4) is 0 Å². The van der Waals surface area contributed by atoms with Gasteiger partial charge in [0.05, 0.1) is 6.54 Å². The van der Waals surface area contributed by atoms with Gasteiger partial charge in [0.1, 0.15) is 0 Å². The molecule has 3 heteroatoms. The molecule has 2 aromatic carbocycles. The van der Waals surface area contributed by atoms with Gasteiger partial charge < -0.3 is 10.6 Å². The molecule has 104 valence electrons. The highest BCUT2D eigenvalue weighted by Gasteiger charge is 2.05. The van der Waals surface area contributed by atoms with Crippen LogP contribution in [0.1, 0.15) is 16.7 Å². The molecule has 0 heterocycles. The third-order valence-electron chi connectivity index (χ3n) is 3.24. The highest BCUT2D eigenvalue weighted by atomic mass is 16.1. The summed E-state index contributed by atoms with van der Waals surface area (Å²) in [4.78, 5) is 11.9. The third-order valence-corrected chi connectivity index (χ3v) is 3.24. The Morgan fingerprint density at radius 3 is 2.40 bits per heavy atom. The van der Waals surface area contributed by atoms with Crippen molar-refractivity contribution in [1.29, 1.82) is 0 Å². The van der Waals surface area contributed by atoms with Crippen LogP contribution in [0.25, 0.3) is 0 Å². The average Bonchev–Trinajstić information content (AvgIpc) is 2.40. The van der Waals surface area contributed by atoms with Gasteiger partial charge in [-0.3, -0.25) is 4.79 Å². The summed E-state index contributed by atoms with van der Waals surface area (Å²) < 4.78 is 0. The van der Waals surface area contributed by atoms with E-state index < -0.39 is 0 Å². The third kappa shape index (κ3) is 3.60. The van der Waals surface area contributed by atoms with E-state index in [-0.39, 0.29) is 12.5 Å². The lowest BCUT2D eigenvalue weighted by atomic mass is 10.1. The Kier molecular flexibility index (Phi) is 4.41. The van der Waals surface area contributed by atoms with Crippen molar-refractivity contribution in [2.75, 3.05) is 17.2 Å². The average molecular weight is 268 g/mol. The predicted octanol–water partition coefficient (Wildman–Crippen LogP) is 3.66. The molecule has 0 aliphatic heterocycles. The minimum atomic E-state index is -0.0423. The quantitative estimate of drug-likeness (QED) is 0.888. The molecular formula is C17H20N2O. The molecule has 0 aliphatic rings. The minimum Gasteiger partial charge on any atom is -0.376 e. The van der Waals surface area contributed by atoms with Gasteiger partial charge in [0.25, 0.3) is 0 Å². The summed E-state index contributed by atoms with van der Waals surface area (Å²) in [6, 6.07) is 13.9. The van der Waals surface area contributed by atoms with Gasteiger partial charge in [-0.1, -0.05) is 35.9 Å². The fraction of sp³-hybridized carbons (Fsp3) is 0.235. The number of hydrogen-bond acceptors (Lipinski definition) is 2. The number of benzene rings is 2. The maximum absolute atomic E-state index is 11.9. The van der Waals surface area contributed by atoms with Crippen LogP contribution in [0.3, 0.4) is 0 Å². The standard InChI is InChI=1S/C17H20N2O/c1-12-8-9-15(14(3)10-12)18-11-17(20)19-16-7-5-4-6-13(16)2/h4-10,18H,11H2,1-3H3,(H,19,20). The van der Waals surface area contributed by atoms with E-state index in [4.69, 9.17) is 0 Å². The normalized spacial score (nSPS) is 10.2. The molecule has 0 atom stereocenters. The predicted molar refractivity (Wildman–Crippen MR) is 84.2 cm³/mol. The van der Waals surface area contributed by atoms with Crippen LogP contribution in [-0.4, -0.2) is 12.5 Å². The zero-order valence-electron chi connectivity index (χ0n) is 12.2. The summed E-state index contributed by atoms with van der Waals surface area (Å²) >= 11 is 0. The van der Waals surface area contributed by atoms with E-state index in [0.29, 0.717) is 0 Å². The molecule has 0 radical (unpaired) electrons. The van der Waals surface area contributed by atoms with Crippen molar-refractivity contribution in [2.45, 2.75) is 20.8 Å². The molecule has 0 unspecified atom stereocenters. The summed E-state index contributed by atoms with van der Waals surface area (Å²) in [6.45, 7) is 6.33. The fourth-order valence-electron chi connectivity index (χ4n) is 2.09. The molecule has 3 nitrogen and oxygen atoms in total. The number of anilines is 2. The van der Waals surface area contributed by atoms with Crippen LogP contribution >= 0.6 is 0 Å². The minimum absolute atomic E-state index is 0.0423. The monoisotopic (exact) mass is 268 g/mol. The van der Waals surface area contributed by atoms with Crippen molar-refractivity contribution in [3.63, 3.8) is 0 Å². The molecule has 0 saturated carbocycles. The Labute approximate surface area is 120 Å². The Balaban J connectivity index is 1.94. The number of hydrogen-bond donors (Lipinski definition) is 2. The van der Waals surface area contributed by atoms with Gasteiger partial charge in [-0.25, -0.2) is 0 Å². The van der Waals surface area contributed by atoms with Crippen molar-refractivity contribution < 1.29 is 4.79 Å². The number of rotatable bonds is 4. The summed E-state index contributed by atoms with van der Waals surface area (Å²) in [6.07, 6.45) is 0. The molecule has 0 spiro atoms. The first-order valence-electron chi connectivity index (χ1n) is 6.73. The zero-order valence-corrected chi connectivity index (χ0v) is 12.2. The second kappa shape index (κ2) is 6.24. The molecule has 20 heavy (non-hydrogen) atoms. The van der Waals surface area contributed by atoms with Gasteiger partial charge in [-0.15, -0.1) is 0 Å². The van der Waals surface area contributed by atoms with E-state index in [1.807, 2.05) is 50.2 Å². The number of para-hydroxylation sites is 1. The molecular weight excluding hydrogens is 248 g/mol. The number of amides is 1. The van der Waals surface area contributed by atoms with Gasteiger partial charge in [0.15, 0.2) is 0 Å². The van der Waals surface area contributed by atoms with Crippen molar-refractivity contribution in [3.05, 3.63) is 59.2 Å². The zero-order chi connectivity index (χ0) is 14.5. The molecule has 0 saturated heterocycles. The molecule has 0 aliphatic carbocycles. The van der Waals surface area contributed by atoms with E-state index in [2.05, 4.69) is 23.6 Å². The number of aryl methyl sites for hydroxylation is 3. The number of carbonyl (C=O) groups excluding carboxylic acids is 1. The lowest BCUT2D eigenvalue weighted by Gasteiger charge is -2.11.